The maximum absolute atomic E-state index is 12.5. The maximum Gasteiger partial charge on any atom is 0.336 e. The molecule has 0 saturated carbocycles. The topological polar surface area (TPSA) is 87.0 Å². The largest absolute Gasteiger partial charge is 0.493 e. The first-order chi connectivity index (χ1) is 11.4. The van der Waals surface area contributed by atoms with Crippen molar-refractivity contribution < 1.29 is 23.4 Å². The number of nitrogens with one attached hydrogen (secondary N) is 1. The monoisotopic (exact) mass is 333 g/mol. The van der Waals surface area contributed by atoms with Gasteiger partial charge in [-0.1, -0.05) is 0 Å². The van der Waals surface area contributed by atoms with Crippen LogP contribution in [0.4, 0.5) is 5.69 Å². The van der Waals surface area contributed by atoms with Crippen molar-refractivity contribution in [3.05, 3.63) is 45.5 Å². The van der Waals surface area contributed by atoms with Gasteiger partial charge in [0.15, 0.2) is 11.5 Å². The molecular formula is C17H19NO6. The van der Waals surface area contributed by atoms with Gasteiger partial charge in [0, 0.05) is 23.9 Å². The van der Waals surface area contributed by atoms with Crippen LogP contribution in [0, 0.1) is 13.8 Å². The summed E-state index contributed by atoms with van der Waals surface area (Å²) < 4.78 is 20.7. The number of rotatable bonds is 5. The fourth-order valence-electron chi connectivity index (χ4n) is 2.44. The van der Waals surface area contributed by atoms with Crippen LogP contribution in [-0.4, -0.2) is 27.2 Å². The predicted octanol–water partition coefficient (Wildman–Crippen LogP) is 2.53. The number of benzene rings is 1. The van der Waals surface area contributed by atoms with Gasteiger partial charge in [0.05, 0.1) is 26.9 Å². The number of ether oxygens (including phenoxy) is 3. The van der Waals surface area contributed by atoms with Gasteiger partial charge in [-0.05, 0) is 19.4 Å². The Bertz CT molecular complexity index is 773. The van der Waals surface area contributed by atoms with Gasteiger partial charge in [0.25, 0.3) is 5.91 Å². The number of aryl methyl sites for hydroxylation is 2. The number of methoxy groups -OCH3 is 3. The molecule has 0 saturated heterocycles. The molecule has 0 aliphatic heterocycles. The van der Waals surface area contributed by atoms with E-state index in [1.54, 1.807) is 26.0 Å². The number of anilines is 1. The van der Waals surface area contributed by atoms with E-state index in [1.807, 2.05) is 0 Å². The number of amides is 1. The van der Waals surface area contributed by atoms with Crippen LogP contribution in [0.2, 0.25) is 0 Å². The zero-order chi connectivity index (χ0) is 17.9. The Hall–Kier alpha value is -2.96. The van der Waals surface area contributed by atoms with Gasteiger partial charge in [0.2, 0.25) is 5.75 Å². The summed E-state index contributed by atoms with van der Waals surface area (Å²) in [5, 5.41) is 2.74. The van der Waals surface area contributed by atoms with E-state index in [0.717, 1.165) is 0 Å². The molecule has 0 unspecified atom stereocenters. The van der Waals surface area contributed by atoms with E-state index in [9.17, 15) is 9.59 Å². The van der Waals surface area contributed by atoms with Crippen molar-refractivity contribution in [2.75, 3.05) is 26.6 Å². The van der Waals surface area contributed by atoms with Crippen LogP contribution in [0.5, 0.6) is 17.2 Å². The summed E-state index contributed by atoms with van der Waals surface area (Å²) >= 11 is 0. The Morgan fingerprint density at radius 1 is 1.00 bits per heavy atom. The molecule has 0 fully saturated rings. The summed E-state index contributed by atoms with van der Waals surface area (Å²) in [6.07, 6.45) is 0. The molecular weight excluding hydrogens is 314 g/mol. The van der Waals surface area contributed by atoms with Gasteiger partial charge >= 0.3 is 5.63 Å². The molecule has 2 rings (SSSR count). The van der Waals surface area contributed by atoms with Crippen LogP contribution in [-0.2, 0) is 0 Å². The normalized spacial score (nSPS) is 10.2. The van der Waals surface area contributed by atoms with Crippen molar-refractivity contribution in [1.29, 1.82) is 0 Å². The molecule has 1 aromatic heterocycles. The highest BCUT2D eigenvalue weighted by Crippen LogP contribution is 2.40. The molecule has 7 heteroatoms. The summed E-state index contributed by atoms with van der Waals surface area (Å²) in [5.74, 6) is 1.12. The van der Waals surface area contributed by atoms with Gasteiger partial charge in [-0.2, -0.15) is 0 Å². The van der Waals surface area contributed by atoms with Gasteiger partial charge in [0.1, 0.15) is 5.76 Å². The Kier molecular flexibility index (Phi) is 5.13. The lowest BCUT2D eigenvalue weighted by atomic mass is 10.1. The first-order valence-electron chi connectivity index (χ1n) is 7.14. The van der Waals surface area contributed by atoms with Crippen LogP contribution in [0.25, 0.3) is 0 Å². The predicted molar refractivity (Wildman–Crippen MR) is 88.5 cm³/mol. The summed E-state index contributed by atoms with van der Waals surface area (Å²) in [4.78, 5) is 23.9. The zero-order valence-corrected chi connectivity index (χ0v) is 14.2. The molecule has 1 aromatic carbocycles. The molecule has 0 spiro atoms. The Morgan fingerprint density at radius 3 is 2.04 bits per heavy atom. The SMILES string of the molecule is COc1cc(NC(=O)c2c(C)cc(=O)oc2C)cc(OC)c1OC. The van der Waals surface area contributed by atoms with E-state index < -0.39 is 11.5 Å². The van der Waals surface area contributed by atoms with Crippen molar-refractivity contribution in [3.8, 4) is 17.2 Å². The minimum Gasteiger partial charge on any atom is -0.493 e. The second-order valence-electron chi connectivity index (χ2n) is 5.05. The Balaban J connectivity index is 2.41. The highest BCUT2D eigenvalue weighted by atomic mass is 16.5. The molecule has 0 bridgehead atoms. The van der Waals surface area contributed by atoms with Gasteiger partial charge in [-0.25, -0.2) is 4.79 Å². The maximum atomic E-state index is 12.5. The third-order valence-corrected chi connectivity index (χ3v) is 3.48. The van der Waals surface area contributed by atoms with Crippen LogP contribution < -0.4 is 25.2 Å². The summed E-state index contributed by atoms with van der Waals surface area (Å²) in [6.45, 7) is 3.24. The fraction of sp³-hybridized carbons (Fsp3) is 0.294. The van der Waals surface area contributed by atoms with Crippen LogP contribution >= 0.6 is 0 Å². The van der Waals surface area contributed by atoms with Crippen LogP contribution in [0.3, 0.4) is 0 Å². The van der Waals surface area contributed by atoms with E-state index in [0.29, 0.717) is 34.1 Å². The van der Waals surface area contributed by atoms with E-state index in [1.165, 1.54) is 27.4 Å². The zero-order valence-electron chi connectivity index (χ0n) is 14.2. The Morgan fingerprint density at radius 2 is 1.58 bits per heavy atom. The average molecular weight is 333 g/mol. The highest BCUT2D eigenvalue weighted by Gasteiger charge is 2.18. The minimum atomic E-state index is -0.491. The standard InChI is InChI=1S/C17H19NO6/c1-9-6-14(19)24-10(2)15(9)17(20)18-11-7-12(21-3)16(23-5)13(8-11)22-4/h6-8H,1-5H3,(H,18,20). The van der Waals surface area contributed by atoms with Gasteiger partial charge in [-0.15, -0.1) is 0 Å². The molecule has 0 aliphatic carbocycles. The Labute approximate surface area is 139 Å². The van der Waals surface area contributed by atoms with E-state index in [2.05, 4.69) is 5.32 Å². The second-order valence-corrected chi connectivity index (χ2v) is 5.05. The number of carbonyl (C=O) groups excluding carboxylic acids is 1. The fourth-order valence-corrected chi connectivity index (χ4v) is 2.44. The minimum absolute atomic E-state index is 0.255. The molecule has 2 aromatic rings. The number of hydrogen-bond acceptors (Lipinski definition) is 6. The third-order valence-electron chi connectivity index (χ3n) is 3.48. The van der Waals surface area contributed by atoms with Crippen LogP contribution in [0.1, 0.15) is 21.7 Å². The van der Waals surface area contributed by atoms with E-state index in [-0.39, 0.29) is 5.76 Å². The molecule has 0 radical (unpaired) electrons. The lowest BCUT2D eigenvalue weighted by Gasteiger charge is -2.15. The van der Waals surface area contributed by atoms with E-state index in [4.69, 9.17) is 18.6 Å². The average Bonchev–Trinajstić information content (AvgIpc) is 2.52. The quantitative estimate of drug-likeness (QED) is 0.905. The summed E-state index contributed by atoms with van der Waals surface area (Å²) in [7, 11) is 4.48. The molecule has 1 amide bonds. The van der Waals surface area contributed by atoms with Gasteiger partial charge < -0.3 is 23.9 Å². The van der Waals surface area contributed by atoms with Crippen molar-refractivity contribution in [1.82, 2.24) is 0 Å². The molecule has 0 atom stereocenters. The lowest BCUT2D eigenvalue weighted by molar-refractivity contribution is 0.102. The molecule has 1 N–H and O–H groups in total. The molecule has 0 aliphatic rings. The molecule has 24 heavy (non-hydrogen) atoms. The van der Waals surface area contributed by atoms with Crippen molar-refractivity contribution in [3.63, 3.8) is 0 Å². The molecule has 1 heterocycles. The highest BCUT2D eigenvalue weighted by molar-refractivity contribution is 6.06. The molecule has 7 nitrogen and oxygen atoms in total. The van der Waals surface area contributed by atoms with Gasteiger partial charge in [-0.3, -0.25) is 4.79 Å². The molecule has 128 valence electrons. The smallest absolute Gasteiger partial charge is 0.336 e. The first kappa shape index (κ1) is 17.4. The van der Waals surface area contributed by atoms with Crippen molar-refractivity contribution in [2.24, 2.45) is 0 Å². The summed E-state index contributed by atoms with van der Waals surface area (Å²) in [6, 6.07) is 4.50. The van der Waals surface area contributed by atoms with Crippen LogP contribution in [0.15, 0.2) is 27.4 Å². The summed E-state index contributed by atoms with van der Waals surface area (Å²) in [5.41, 5.74) is 0.811. The van der Waals surface area contributed by atoms with E-state index >= 15 is 0 Å². The first-order valence-corrected chi connectivity index (χ1v) is 7.14. The lowest BCUT2D eigenvalue weighted by Crippen LogP contribution is -2.17. The second kappa shape index (κ2) is 7.08. The number of hydrogen-bond donors (Lipinski definition) is 1. The van der Waals surface area contributed by atoms with Crippen molar-refractivity contribution in [2.45, 2.75) is 13.8 Å². The third kappa shape index (κ3) is 3.34. The van der Waals surface area contributed by atoms with Crippen molar-refractivity contribution >= 4 is 11.6 Å². The number of carbonyl (C=O) groups is 1.